The van der Waals surface area contributed by atoms with E-state index in [2.05, 4.69) is 61.5 Å². The highest BCUT2D eigenvalue weighted by molar-refractivity contribution is 5.82. The van der Waals surface area contributed by atoms with Crippen molar-refractivity contribution in [1.29, 1.82) is 0 Å². The summed E-state index contributed by atoms with van der Waals surface area (Å²) in [5, 5.41) is 2.74. The average molecular weight is 435 g/mol. The molecular weight excluding hydrogens is 384 g/mol. The number of allylic oxidation sites excluding steroid dienone is 2. The topological polar surface area (TPSA) is 0 Å². The second kappa shape index (κ2) is 19.0. The third-order valence-corrected chi connectivity index (χ3v) is 6.79. The molecule has 0 heterocycles. The molecule has 2 aromatic rings. The van der Waals surface area contributed by atoms with Crippen LogP contribution in [0.4, 0.5) is 0 Å². The van der Waals surface area contributed by atoms with Gasteiger partial charge in [0.05, 0.1) is 0 Å². The van der Waals surface area contributed by atoms with Crippen LogP contribution in [-0.2, 0) is 6.42 Å². The molecule has 0 fully saturated rings. The predicted octanol–water partition coefficient (Wildman–Crippen LogP) is 11.0. The lowest BCUT2D eigenvalue weighted by atomic mass is 10.0. The number of hydrogen-bond acceptors (Lipinski definition) is 0. The van der Waals surface area contributed by atoms with Crippen molar-refractivity contribution in [1.82, 2.24) is 0 Å². The lowest BCUT2D eigenvalue weighted by Crippen LogP contribution is -1.87. The van der Waals surface area contributed by atoms with Gasteiger partial charge in [-0.25, -0.2) is 0 Å². The van der Waals surface area contributed by atoms with Crippen LogP contribution in [0.1, 0.15) is 128 Å². The minimum Gasteiger partial charge on any atom is -0.0885 e. The third-order valence-electron chi connectivity index (χ3n) is 6.79. The van der Waals surface area contributed by atoms with Crippen LogP contribution in [0, 0.1) is 0 Å². The van der Waals surface area contributed by atoms with E-state index in [4.69, 9.17) is 0 Å². The molecule has 0 unspecified atom stereocenters. The molecule has 32 heavy (non-hydrogen) atoms. The van der Waals surface area contributed by atoms with Crippen LogP contribution in [0.5, 0.6) is 0 Å². The van der Waals surface area contributed by atoms with E-state index >= 15 is 0 Å². The van der Waals surface area contributed by atoms with Gasteiger partial charge in [-0.3, -0.25) is 0 Å². The van der Waals surface area contributed by atoms with Crippen molar-refractivity contribution in [2.45, 2.75) is 129 Å². The van der Waals surface area contributed by atoms with Gasteiger partial charge in [0, 0.05) is 0 Å². The van der Waals surface area contributed by atoms with Crippen molar-refractivity contribution in [3.8, 4) is 0 Å². The van der Waals surface area contributed by atoms with Crippen molar-refractivity contribution in [3.63, 3.8) is 0 Å². The summed E-state index contributed by atoms with van der Waals surface area (Å²) in [4.78, 5) is 0. The largest absolute Gasteiger partial charge is 0.0885 e. The van der Waals surface area contributed by atoms with Crippen LogP contribution < -0.4 is 0 Å². The molecule has 0 atom stereocenters. The molecule has 0 heteroatoms. The quantitative estimate of drug-likeness (QED) is 0.143. The van der Waals surface area contributed by atoms with Crippen molar-refractivity contribution >= 4 is 10.8 Å². The molecule has 2 rings (SSSR count). The maximum absolute atomic E-state index is 2.44. The van der Waals surface area contributed by atoms with Crippen LogP contribution >= 0.6 is 0 Å². The first kappa shape index (κ1) is 26.7. The number of benzene rings is 2. The van der Waals surface area contributed by atoms with Gasteiger partial charge in [-0.2, -0.15) is 0 Å². The number of rotatable bonds is 20. The molecule has 0 radical (unpaired) electrons. The number of unbranched alkanes of at least 4 members (excludes halogenated alkanes) is 16. The van der Waals surface area contributed by atoms with Crippen LogP contribution in [0.25, 0.3) is 10.8 Å². The fourth-order valence-corrected chi connectivity index (χ4v) is 4.68. The van der Waals surface area contributed by atoms with Gasteiger partial charge in [0.2, 0.25) is 0 Å². The molecule has 0 aliphatic rings. The Morgan fingerprint density at radius 3 is 1.59 bits per heavy atom. The molecule has 0 N–H and O–H groups in total. The van der Waals surface area contributed by atoms with Gasteiger partial charge in [-0.1, -0.05) is 145 Å². The smallest absolute Gasteiger partial charge is 0.0181 e. The predicted molar refractivity (Wildman–Crippen MR) is 146 cm³/mol. The highest BCUT2D eigenvalue weighted by atomic mass is 14.0. The third kappa shape index (κ3) is 13.1. The Balaban J connectivity index is 1.31. The second-order valence-electron chi connectivity index (χ2n) is 9.78. The molecular formula is C32H50. The zero-order valence-electron chi connectivity index (χ0n) is 21.1. The zero-order valence-corrected chi connectivity index (χ0v) is 21.1. The fraction of sp³-hybridized carbons (Fsp3) is 0.625. The highest BCUT2D eigenvalue weighted by Gasteiger charge is 1.98. The normalized spacial score (nSPS) is 11.7. The van der Waals surface area contributed by atoms with Gasteiger partial charge in [-0.15, -0.1) is 0 Å². The van der Waals surface area contributed by atoms with Gasteiger partial charge in [0.25, 0.3) is 0 Å². The Labute approximate surface area is 199 Å². The lowest BCUT2D eigenvalue weighted by molar-refractivity contribution is 0.560. The molecule has 0 saturated heterocycles. The summed E-state index contributed by atoms with van der Waals surface area (Å²) in [6.45, 7) is 2.29. The first-order chi connectivity index (χ1) is 15.9. The number of hydrogen-bond donors (Lipinski definition) is 0. The van der Waals surface area contributed by atoms with Gasteiger partial charge in [0.15, 0.2) is 0 Å². The Hall–Kier alpha value is -1.56. The van der Waals surface area contributed by atoms with Crippen molar-refractivity contribution in [3.05, 3.63) is 60.2 Å². The summed E-state index contributed by atoms with van der Waals surface area (Å²) in [7, 11) is 0. The monoisotopic (exact) mass is 434 g/mol. The molecule has 178 valence electrons. The summed E-state index contributed by atoms with van der Waals surface area (Å²) in [6.07, 6.45) is 31.3. The van der Waals surface area contributed by atoms with E-state index in [0.29, 0.717) is 0 Å². The molecule has 0 aliphatic heterocycles. The van der Waals surface area contributed by atoms with Crippen molar-refractivity contribution < 1.29 is 0 Å². The van der Waals surface area contributed by atoms with Gasteiger partial charge in [0.1, 0.15) is 0 Å². The summed E-state index contributed by atoms with van der Waals surface area (Å²) in [5.41, 5.74) is 1.50. The Morgan fingerprint density at radius 1 is 0.500 bits per heavy atom. The minimum absolute atomic E-state index is 1.23. The van der Waals surface area contributed by atoms with E-state index in [1.807, 2.05) is 0 Å². The summed E-state index contributed by atoms with van der Waals surface area (Å²) in [6, 6.07) is 15.7. The molecule has 0 aromatic heterocycles. The van der Waals surface area contributed by atoms with E-state index in [9.17, 15) is 0 Å². The summed E-state index contributed by atoms with van der Waals surface area (Å²) >= 11 is 0. The molecule has 0 aliphatic carbocycles. The number of aryl methyl sites for hydroxylation is 1. The summed E-state index contributed by atoms with van der Waals surface area (Å²) < 4.78 is 0. The molecule has 0 bridgehead atoms. The maximum Gasteiger partial charge on any atom is -0.0181 e. The molecule has 0 amide bonds. The maximum atomic E-state index is 2.44. The van der Waals surface area contributed by atoms with E-state index in [1.54, 1.807) is 0 Å². The molecule has 2 aromatic carbocycles. The second-order valence-corrected chi connectivity index (χ2v) is 9.78. The van der Waals surface area contributed by atoms with E-state index < -0.39 is 0 Å². The van der Waals surface area contributed by atoms with Crippen molar-refractivity contribution in [2.75, 3.05) is 0 Å². The van der Waals surface area contributed by atoms with Crippen molar-refractivity contribution in [2.24, 2.45) is 0 Å². The van der Waals surface area contributed by atoms with Gasteiger partial charge < -0.3 is 0 Å². The van der Waals surface area contributed by atoms with E-state index in [1.165, 1.54) is 138 Å². The number of fused-ring (bicyclic) bond motifs is 1. The van der Waals surface area contributed by atoms with Crippen LogP contribution in [0.2, 0.25) is 0 Å². The SMILES string of the molecule is CCCCCCCCC/C=C/CCCCCCCCCCCc1ccc2ccccc2c1. The first-order valence-corrected chi connectivity index (χ1v) is 14.0. The average Bonchev–Trinajstić information content (AvgIpc) is 2.82. The van der Waals surface area contributed by atoms with Gasteiger partial charge in [-0.05, 0) is 54.9 Å². The first-order valence-electron chi connectivity index (χ1n) is 14.0. The Kier molecular flexibility index (Phi) is 15.8. The van der Waals surface area contributed by atoms with E-state index in [0.717, 1.165) is 0 Å². The zero-order chi connectivity index (χ0) is 22.5. The minimum atomic E-state index is 1.23. The Bertz CT molecular complexity index is 711. The van der Waals surface area contributed by atoms with Crippen LogP contribution in [-0.4, -0.2) is 0 Å². The molecule has 0 nitrogen and oxygen atoms in total. The lowest BCUT2D eigenvalue weighted by Gasteiger charge is -2.05. The van der Waals surface area contributed by atoms with Crippen LogP contribution in [0.3, 0.4) is 0 Å². The fourth-order valence-electron chi connectivity index (χ4n) is 4.68. The Morgan fingerprint density at radius 2 is 1.00 bits per heavy atom. The molecule has 0 saturated carbocycles. The standard InChI is InChI=1S/C32H50/c1-2-3-4-5-6-7-8-9-10-11-12-13-14-15-16-17-18-19-20-21-24-30-27-28-31-25-22-23-26-32(31)29-30/h10-11,22-23,25-29H,2-9,12-21,24H2,1H3/b11-10+. The van der Waals surface area contributed by atoms with Gasteiger partial charge >= 0.3 is 0 Å². The van der Waals surface area contributed by atoms with Crippen LogP contribution in [0.15, 0.2) is 54.6 Å². The summed E-state index contributed by atoms with van der Waals surface area (Å²) in [5.74, 6) is 0. The molecule has 0 spiro atoms. The van der Waals surface area contributed by atoms with E-state index in [-0.39, 0.29) is 0 Å². The highest BCUT2D eigenvalue weighted by Crippen LogP contribution is 2.18.